The van der Waals surface area contributed by atoms with Gasteiger partial charge in [-0.25, -0.2) is 4.98 Å². The van der Waals surface area contributed by atoms with E-state index in [4.69, 9.17) is 0 Å². The Morgan fingerprint density at radius 1 is 1.35 bits per heavy atom. The SMILES string of the molecule is CN(C)CCCNC(=O)CCc1nc2ccccc2[nH]1. The second kappa shape index (κ2) is 7.05. The molecule has 0 saturated carbocycles. The van der Waals surface area contributed by atoms with Crippen LogP contribution in [-0.2, 0) is 11.2 Å². The van der Waals surface area contributed by atoms with Gasteiger partial charge in [0, 0.05) is 19.4 Å². The molecule has 2 aromatic rings. The molecular formula is C15H22N4O. The van der Waals surface area contributed by atoms with Gasteiger partial charge in [0.15, 0.2) is 0 Å². The first-order chi connectivity index (χ1) is 9.65. The largest absolute Gasteiger partial charge is 0.356 e. The van der Waals surface area contributed by atoms with E-state index in [0.717, 1.165) is 36.4 Å². The lowest BCUT2D eigenvalue weighted by Gasteiger charge is -2.09. The predicted octanol–water partition coefficient (Wildman–Crippen LogP) is 1.56. The number of nitrogens with one attached hydrogen (secondary N) is 2. The number of rotatable bonds is 7. The van der Waals surface area contributed by atoms with E-state index >= 15 is 0 Å². The quantitative estimate of drug-likeness (QED) is 0.753. The number of aryl methyl sites for hydroxylation is 1. The predicted molar refractivity (Wildman–Crippen MR) is 80.6 cm³/mol. The van der Waals surface area contributed by atoms with Gasteiger partial charge in [-0.3, -0.25) is 4.79 Å². The normalized spacial score (nSPS) is 11.2. The van der Waals surface area contributed by atoms with E-state index in [1.165, 1.54) is 0 Å². The van der Waals surface area contributed by atoms with Crippen LogP contribution in [0.25, 0.3) is 11.0 Å². The Labute approximate surface area is 119 Å². The molecule has 0 atom stereocenters. The Kier molecular flexibility index (Phi) is 5.12. The number of carbonyl (C=O) groups excluding carboxylic acids is 1. The molecule has 0 aliphatic heterocycles. The number of hydrogen-bond donors (Lipinski definition) is 2. The van der Waals surface area contributed by atoms with Crippen LogP contribution in [0.4, 0.5) is 0 Å². The molecule has 0 bridgehead atoms. The van der Waals surface area contributed by atoms with Crippen molar-refractivity contribution in [3.63, 3.8) is 0 Å². The lowest BCUT2D eigenvalue weighted by molar-refractivity contribution is -0.121. The molecule has 1 amide bonds. The van der Waals surface area contributed by atoms with Gasteiger partial charge in [-0.1, -0.05) is 12.1 Å². The highest BCUT2D eigenvalue weighted by atomic mass is 16.1. The molecule has 0 fully saturated rings. The molecule has 0 spiro atoms. The average Bonchev–Trinajstić information content (AvgIpc) is 2.84. The van der Waals surface area contributed by atoms with Crippen molar-refractivity contribution >= 4 is 16.9 Å². The number of H-pyrrole nitrogens is 1. The number of aromatic amines is 1. The number of hydrogen-bond acceptors (Lipinski definition) is 3. The summed E-state index contributed by atoms with van der Waals surface area (Å²) in [5.41, 5.74) is 1.97. The number of nitrogens with zero attached hydrogens (tertiary/aromatic N) is 2. The molecule has 1 aromatic carbocycles. The van der Waals surface area contributed by atoms with Crippen LogP contribution in [0.2, 0.25) is 0 Å². The highest BCUT2D eigenvalue weighted by Gasteiger charge is 2.05. The number of benzene rings is 1. The van der Waals surface area contributed by atoms with Gasteiger partial charge in [-0.2, -0.15) is 0 Å². The average molecular weight is 274 g/mol. The summed E-state index contributed by atoms with van der Waals surface area (Å²) in [5, 5.41) is 2.93. The highest BCUT2D eigenvalue weighted by molar-refractivity contribution is 5.77. The molecular weight excluding hydrogens is 252 g/mol. The number of amides is 1. The van der Waals surface area contributed by atoms with Crippen LogP contribution in [0.5, 0.6) is 0 Å². The van der Waals surface area contributed by atoms with Gasteiger partial charge in [0.2, 0.25) is 5.91 Å². The molecule has 5 heteroatoms. The first kappa shape index (κ1) is 14.5. The first-order valence-electron chi connectivity index (χ1n) is 7.00. The van der Waals surface area contributed by atoms with Crippen molar-refractivity contribution in [2.45, 2.75) is 19.3 Å². The Bertz CT molecular complexity index is 529. The smallest absolute Gasteiger partial charge is 0.220 e. The Hall–Kier alpha value is -1.88. The maximum absolute atomic E-state index is 11.7. The molecule has 2 rings (SSSR count). The van der Waals surface area contributed by atoms with Crippen molar-refractivity contribution in [2.75, 3.05) is 27.2 Å². The summed E-state index contributed by atoms with van der Waals surface area (Å²) in [6.45, 7) is 1.72. The number of imidazole rings is 1. The topological polar surface area (TPSA) is 61.0 Å². The molecule has 0 aliphatic rings. The zero-order valence-electron chi connectivity index (χ0n) is 12.1. The van der Waals surface area contributed by atoms with Gasteiger partial charge in [0.1, 0.15) is 5.82 Å². The fourth-order valence-electron chi connectivity index (χ4n) is 2.07. The summed E-state index contributed by atoms with van der Waals surface area (Å²) in [5.74, 6) is 0.957. The molecule has 0 unspecified atom stereocenters. The minimum Gasteiger partial charge on any atom is -0.356 e. The zero-order chi connectivity index (χ0) is 14.4. The molecule has 1 aromatic heterocycles. The van der Waals surface area contributed by atoms with Crippen molar-refractivity contribution in [2.24, 2.45) is 0 Å². The summed E-state index contributed by atoms with van der Waals surface area (Å²) < 4.78 is 0. The van der Waals surface area contributed by atoms with E-state index in [-0.39, 0.29) is 5.91 Å². The van der Waals surface area contributed by atoms with E-state index in [1.54, 1.807) is 0 Å². The van der Waals surface area contributed by atoms with Gasteiger partial charge in [0.05, 0.1) is 11.0 Å². The van der Waals surface area contributed by atoms with Crippen LogP contribution in [0.1, 0.15) is 18.7 Å². The monoisotopic (exact) mass is 274 g/mol. The lowest BCUT2D eigenvalue weighted by Crippen LogP contribution is -2.27. The molecule has 2 N–H and O–H groups in total. The van der Waals surface area contributed by atoms with Crippen LogP contribution in [0.3, 0.4) is 0 Å². The van der Waals surface area contributed by atoms with Crippen LogP contribution in [-0.4, -0.2) is 48.0 Å². The van der Waals surface area contributed by atoms with Crippen LogP contribution >= 0.6 is 0 Å². The number of fused-ring (bicyclic) bond motifs is 1. The van der Waals surface area contributed by atoms with E-state index < -0.39 is 0 Å². The summed E-state index contributed by atoms with van der Waals surface area (Å²) in [4.78, 5) is 21.5. The molecule has 0 aliphatic carbocycles. The number of para-hydroxylation sites is 2. The van der Waals surface area contributed by atoms with Crippen LogP contribution < -0.4 is 5.32 Å². The molecule has 108 valence electrons. The van der Waals surface area contributed by atoms with Crippen LogP contribution in [0.15, 0.2) is 24.3 Å². The number of carbonyl (C=O) groups is 1. The Morgan fingerprint density at radius 3 is 2.90 bits per heavy atom. The fraction of sp³-hybridized carbons (Fsp3) is 0.467. The van der Waals surface area contributed by atoms with Crippen molar-refractivity contribution in [3.8, 4) is 0 Å². The van der Waals surface area contributed by atoms with Crippen molar-refractivity contribution < 1.29 is 4.79 Å². The maximum atomic E-state index is 11.7. The van der Waals surface area contributed by atoms with E-state index in [9.17, 15) is 4.79 Å². The van der Waals surface area contributed by atoms with Gasteiger partial charge in [-0.15, -0.1) is 0 Å². The second-order valence-electron chi connectivity index (χ2n) is 5.21. The van der Waals surface area contributed by atoms with Gasteiger partial charge in [0.25, 0.3) is 0 Å². The third-order valence-corrected chi connectivity index (χ3v) is 3.13. The summed E-state index contributed by atoms with van der Waals surface area (Å²) >= 11 is 0. The maximum Gasteiger partial charge on any atom is 0.220 e. The van der Waals surface area contributed by atoms with Crippen molar-refractivity contribution in [1.29, 1.82) is 0 Å². The van der Waals surface area contributed by atoms with Gasteiger partial charge in [-0.05, 0) is 39.2 Å². The molecule has 0 saturated heterocycles. The Balaban J connectivity index is 1.73. The third-order valence-electron chi connectivity index (χ3n) is 3.13. The van der Waals surface area contributed by atoms with Crippen molar-refractivity contribution in [1.82, 2.24) is 20.2 Å². The van der Waals surface area contributed by atoms with E-state index in [2.05, 4.69) is 20.2 Å². The third kappa shape index (κ3) is 4.35. The van der Waals surface area contributed by atoms with Gasteiger partial charge < -0.3 is 15.2 Å². The summed E-state index contributed by atoms with van der Waals surface area (Å²) in [6, 6.07) is 7.90. The highest BCUT2D eigenvalue weighted by Crippen LogP contribution is 2.11. The Morgan fingerprint density at radius 2 is 2.15 bits per heavy atom. The van der Waals surface area contributed by atoms with Gasteiger partial charge >= 0.3 is 0 Å². The summed E-state index contributed by atoms with van der Waals surface area (Å²) in [7, 11) is 4.06. The number of aromatic nitrogens is 2. The second-order valence-corrected chi connectivity index (χ2v) is 5.21. The minimum absolute atomic E-state index is 0.0872. The minimum atomic E-state index is 0.0872. The molecule has 0 radical (unpaired) electrons. The molecule has 1 heterocycles. The molecule has 20 heavy (non-hydrogen) atoms. The first-order valence-corrected chi connectivity index (χ1v) is 7.00. The summed E-state index contributed by atoms with van der Waals surface area (Å²) in [6.07, 6.45) is 2.10. The van der Waals surface area contributed by atoms with Crippen LogP contribution in [0, 0.1) is 0 Å². The fourth-order valence-corrected chi connectivity index (χ4v) is 2.07. The molecule has 5 nitrogen and oxygen atoms in total. The lowest BCUT2D eigenvalue weighted by atomic mass is 10.3. The van der Waals surface area contributed by atoms with E-state index in [0.29, 0.717) is 12.8 Å². The van der Waals surface area contributed by atoms with E-state index in [1.807, 2.05) is 38.4 Å². The van der Waals surface area contributed by atoms with Crippen molar-refractivity contribution in [3.05, 3.63) is 30.1 Å². The standard InChI is InChI=1S/C15H22N4O/c1-19(2)11-5-10-16-15(20)9-8-14-17-12-6-3-4-7-13(12)18-14/h3-4,6-7H,5,8-11H2,1-2H3,(H,16,20)(H,17,18). The zero-order valence-corrected chi connectivity index (χ0v) is 12.1.